The molecule has 0 saturated carbocycles. The maximum absolute atomic E-state index is 10.9. The van der Waals surface area contributed by atoms with Crippen LogP contribution in [-0.4, -0.2) is 88.0 Å². The fraction of sp³-hybridized carbons (Fsp3) is 0.750. The summed E-state index contributed by atoms with van der Waals surface area (Å²) in [4.78, 5) is 36.2. The first-order valence-electron chi connectivity index (χ1n) is 8.19. The number of hydrogen-bond donors (Lipinski definition) is 2. The smallest absolute Gasteiger partial charge is 0.303 e. The molecule has 3 radical (unpaired) electrons. The van der Waals surface area contributed by atoms with Gasteiger partial charge in [0.2, 0.25) is 5.91 Å². The third-order valence-electron chi connectivity index (χ3n) is 3.45. The van der Waals surface area contributed by atoms with Gasteiger partial charge in [0.15, 0.2) is 12.0 Å². The first-order valence-corrected chi connectivity index (χ1v) is 8.19. The molecule has 0 aromatic heterocycles. The van der Waals surface area contributed by atoms with Gasteiger partial charge in [0, 0.05) is 36.1 Å². The van der Waals surface area contributed by atoms with Crippen LogP contribution >= 0.6 is 0 Å². The van der Waals surface area contributed by atoms with E-state index in [1.807, 2.05) is 0 Å². The van der Waals surface area contributed by atoms with Gasteiger partial charge < -0.3 is 29.4 Å². The minimum atomic E-state index is -0.584. The number of hydrogen-bond acceptors (Lipinski definition) is 9. The number of carbonyl (C=O) groups is 3. The number of carbonyl (C=O) groups excluding carboxylic acids is 3. The summed E-state index contributed by atoms with van der Waals surface area (Å²) in [5, 5.41) is 11.7. The van der Waals surface area contributed by atoms with E-state index in [4.69, 9.17) is 24.1 Å². The van der Waals surface area contributed by atoms with Crippen LogP contribution in [0.5, 0.6) is 0 Å². The SMILES string of the molecule is CC(=O)N[C@H]1COC[C@@H]1O.CC(=O)OC[C@H](OC(C)=O)[C@@H]1COC(C)=N1.[B]. The zero-order valence-corrected chi connectivity index (χ0v) is 16.0. The van der Waals surface area contributed by atoms with Crippen LogP contribution in [0, 0.1) is 0 Å². The van der Waals surface area contributed by atoms with Crippen LogP contribution < -0.4 is 5.32 Å². The summed E-state index contributed by atoms with van der Waals surface area (Å²) < 4.78 is 19.9. The minimum Gasteiger partial charge on any atom is -0.479 e. The molecule has 1 saturated heterocycles. The van der Waals surface area contributed by atoms with Crippen molar-refractivity contribution in [1.82, 2.24) is 5.32 Å². The summed E-state index contributed by atoms with van der Waals surface area (Å²) in [6.45, 7) is 6.82. The molecule has 0 aliphatic carbocycles. The Hall–Kier alpha value is -2.14. The highest BCUT2D eigenvalue weighted by atomic mass is 16.6. The van der Waals surface area contributed by atoms with Gasteiger partial charge in [0.05, 0.1) is 25.4 Å². The van der Waals surface area contributed by atoms with E-state index >= 15 is 0 Å². The van der Waals surface area contributed by atoms with Crippen LogP contribution in [0.3, 0.4) is 0 Å². The summed E-state index contributed by atoms with van der Waals surface area (Å²) in [5.41, 5.74) is 0. The van der Waals surface area contributed by atoms with Gasteiger partial charge in [0.25, 0.3) is 0 Å². The van der Waals surface area contributed by atoms with E-state index in [9.17, 15) is 14.4 Å². The molecule has 151 valence electrons. The fourth-order valence-corrected chi connectivity index (χ4v) is 2.28. The van der Waals surface area contributed by atoms with E-state index in [2.05, 4.69) is 10.3 Å². The summed E-state index contributed by atoms with van der Waals surface area (Å²) in [6, 6.07) is -0.513. The van der Waals surface area contributed by atoms with E-state index in [1.165, 1.54) is 20.8 Å². The number of aliphatic hydroxyl groups excluding tert-OH is 1. The Morgan fingerprint density at radius 2 is 1.89 bits per heavy atom. The molecule has 1 fully saturated rings. The van der Waals surface area contributed by atoms with Gasteiger partial charge in [-0.25, -0.2) is 4.99 Å². The normalized spacial score (nSPS) is 24.2. The van der Waals surface area contributed by atoms with Crippen LogP contribution in [0.15, 0.2) is 4.99 Å². The molecule has 2 N–H and O–H groups in total. The number of nitrogens with one attached hydrogen (secondary N) is 1. The van der Waals surface area contributed by atoms with Crippen LogP contribution in [0.25, 0.3) is 0 Å². The molecule has 1 amide bonds. The molecule has 0 aromatic rings. The van der Waals surface area contributed by atoms with Crippen molar-refractivity contribution >= 4 is 32.2 Å². The molecule has 0 spiro atoms. The Kier molecular flexibility index (Phi) is 11.3. The van der Waals surface area contributed by atoms with Gasteiger partial charge in [-0.15, -0.1) is 0 Å². The second-order valence-electron chi connectivity index (χ2n) is 5.89. The molecule has 2 aliphatic heterocycles. The monoisotopic (exact) mass is 385 g/mol. The quantitative estimate of drug-likeness (QED) is 0.446. The van der Waals surface area contributed by atoms with Gasteiger partial charge in [-0.2, -0.15) is 0 Å². The predicted molar refractivity (Wildman–Crippen MR) is 95.2 cm³/mol. The topological polar surface area (TPSA) is 133 Å². The van der Waals surface area contributed by atoms with Gasteiger partial charge in [-0.3, -0.25) is 14.4 Å². The summed E-state index contributed by atoms with van der Waals surface area (Å²) in [6.07, 6.45) is -1.12. The Balaban J connectivity index is 0.000000531. The Bertz CT molecular complexity index is 543. The summed E-state index contributed by atoms with van der Waals surface area (Å²) >= 11 is 0. The van der Waals surface area contributed by atoms with Gasteiger partial charge in [-0.05, 0) is 0 Å². The number of ether oxygens (including phenoxy) is 4. The van der Waals surface area contributed by atoms with Crippen molar-refractivity contribution in [3.8, 4) is 0 Å². The van der Waals surface area contributed by atoms with Gasteiger partial charge in [-0.1, -0.05) is 0 Å². The molecule has 2 rings (SSSR count). The molecule has 27 heavy (non-hydrogen) atoms. The molecule has 0 unspecified atom stereocenters. The van der Waals surface area contributed by atoms with E-state index < -0.39 is 24.1 Å². The zero-order chi connectivity index (χ0) is 19.7. The maximum Gasteiger partial charge on any atom is 0.303 e. The number of aliphatic imine (C=N–C) groups is 1. The fourth-order valence-electron chi connectivity index (χ4n) is 2.28. The number of aliphatic hydroxyl groups is 1. The average molecular weight is 385 g/mol. The van der Waals surface area contributed by atoms with Crippen LogP contribution in [0.4, 0.5) is 0 Å². The van der Waals surface area contributed by atoms with Crippen molar-refractivity contribution in [2.75, 3.05) is 26.4 Å². The number of nitrogens with zero attached hydrogens (tertiary/aromatic N) is 1. The first-order chi connectivity index (χ1) is 12.2. The van der Waals surface area contributed by atoms with E-state index in [-0.39, 0.29) is 33.0 Å². The van der Waals surface area contributed by atoms with Crippen molar-refractivity contribution in [2.45, 2.75) is 52.0 Å². The third-order valence-corrected chi connectivity index (χ3v) is 3.45. The Morgan fingerprint density at radius 3 is 2.30 bits per heavy atom. The van der Waals surface area contributed by atoms with Crippen molar-refractivity contribution < 1.29 is 38.4 Å². The molecule has 11 heteroatoms. The standard InChI is InChI=1S/C10H15NO5.C6H11NO3.B/c1-6-11-9(4-14-6)10(16-8(3)13)5-15-7(2)12;1-4(8)7-5-2-10-3-6(5)9;/h9-10H,4-5H2,1-3H3;5-6,9H,2-3H2,1H3,(H,7,8);/t9-,10-;5-,6-;/m00./s1. The molecule has 0 bridgehead atoms. The lowest BCUT2D eigenvalue weighted by molar-refractivity contribution is -0.157. The van der Waals surface area contributed by atoms with Crippen LogP contribution in [-0.2, 0) is 33.3 Å². The number of rotatable bonds is 5. The predicted octanol–water partition coefficient (Wildman–Crippen LogP) is -1.20. The van der Waals surface area contributed by atoms with Crippen LogP contribution in [0.2, 0.25) is 0 Å². The molecule has 2 aliphatic rings. The van der Waals surface area contributed by atoms with Crippen molar-refractivity contribution in [3.63, 3.8) is 0 Å². The van der Waals surface area contributed by atoms with E-state index in [0.29, 0.717) is 25.7 Å². The number of amides is 1. The molecular weight excluding hydrogens is 359 g/mol. The lowest BCUT2D eigenvalue weighted by atomic mass is 10.2. The summed E-state index contributed by atoms with van der Waals surface area (Å²) in [7, 11) is 0. The van der Waals surface area contributed by atoms with Crippen molar-refractivity contribution in [3.05, 3.63) is 0 Å². The summed E-state index contributed by atoms with van der Waals surface area (Å²) in [5.74, 6) is -0.437. The van der Waals surface area contributed by atoms with Gasteiger partial charge >= 0.3 is 11.9 Å². The lowest BCUT2D eigenvalue weighted by Gasteiger charge is -2.19. The average Bonchev–Trinajstić information content (AvgIpc) is 3.12. The second kappa shape index (κ2) is 12.3. The highest BCUT2D eigenvalue weighted by Gasteiger charge is 2.29. The molecule has 10 nitrogen and oxygen atoms in total. The van der Waals surface area contributed by atoms with Crippen molar-refractivity contribution in [2.24, 2.45) is 4.99 Å². The van der Waals surface area contributed by atoms with E-state index in [0.717, 1.165) is 0 Å². The first kappa shape index (κ1) is 24.9. The van der Waals surface area contributed by atoms with Crippen molar-refractivity contribution in [1.29, 1.82) is 0 Å². The van der Waals surface area contributed by atoms with Crippen LogP contribution in [0.1, 0.15) is 27.7 Å². The Morgan fingerprint density at radius 1 is 1.22 bits per heavy atom. The molecule has 0 aromatic carbocycles. The molecular formula is C16H26BN2O8. The molecule has 2 heterocycles. The highest BCUT2D eigenvalue weighted by molar-refractivity contribution is 5.76. The van der Waals surface area contributed by atoms with E-state index in [1.54, 1.807) is 6.92 Å². The largest absolute Gasteiger partial charge is 0.479 e. The Labute approximate surface area is 160 Å². The second-order valence-corrected chi connectivity index (χ2v) is 5.89. The minimum absolute atomic E-state index is 0. The highest BCUT2D eigenvalue weighted by Crippen LogP contribution is 2.12. The zero-order valence-electron chi connectivity index (χ0n) is 16.0. The van der Waals surface area contributed by atoms with Gasteiger partial charge in [0.1, 0.15) is 19.3 Å². The third kappa shape index (κ3) is 9.95. The number of esters is 2. The maximum atomic E-state index is 10.9. The molecule has 4 atom stereocenters. The lowest BCUT2D eigenvalue weighted by Crippen LogP contribution is -2.41.